The molecule has 14 heteroatoms. The summed E-state index contributed by atoms with van der Waals surface area (Å²) in [5, 5.41) is 20.7. The van der Waals surface area contributed by atoms with Crippen molar-refractivity contribution in [2.75, 3.05) is 12.3 Å². The van der Waals surface area contributed by atoms with Crippen molar-refractivity contribution >= 4 is 30.8 Å². The zero-order valence-electron chi connectivity index (χ0n) is 18.3. The minimum absolute atomic E-state index is 0.00205. The van der Waals surface area contributed by atoms with Crippen LogP contribution < -0.4 is 5.73 Å². The van der Waals surface area contributed by atoms with Gasteiger partial charge in [0, 0.05) is 6.42 Å². The summed E-state index contributed by atoms with van der Waals surface area (Å²) in [6, 6.07) is 0. The molecule has 0 spiro atoms. The van der Waals surface area contributed by atoms with Crippen molar-refractivity contribution < 1.29 is 38.3 Å². The molecule has 33 heavy (non-hydrogen) atoms. The van der Waals surface area contributed by atoms with Crippen LogP contribution >= 0.6 is 7.82 Å². The number of hydrogen-bond acceptors (Lipinski definition) is 11. The number of fused-ring (bicyclic) bond motifs is 1. The van der Waals surface area contributed by atoms with Gasteiger partial charge in [-0.05, 0) is 6.42 Å². The van der Waals surface area contributed by atoms with Gasteiger partial charge in [0.2, 0.25) is 0 Å². The highest BCUT2D eigenvalue weighted by Crippen LogP contribution is 2.45. The number of hydrogen-bond donors (Lipinski definition) is 4. The number of aliphatic hydroxyl groups is 2. The number of imidazole rings is 1. The van der Waals surface area contributed by atoms with Crippen LogP contribution in [0.25, 0.3) is 11.2 Å². The van der Waals surface area contributed by atoms with Crippen LogP contribution in [0.2, 0.25) is 0 Å². The van der Waals surface area contributed by atoms with E-state index in [1.54, 1.807) is 0 Å². The molecular weight excluding hydrogens is 457 g/mol. The van der Waals surface area contributed by atoms with Crippen LogP contribution in [-0.4, -0.2) is 65.5 Å². The Morgan fingerprint density at radius 2 is 1.91 bits per heavy atom. The fourth-order valence-electron chi connectivity index (χ4n) is 3.57. The van der Waals surface area contributed by atoms with E-state index in [0.717, 1.165) is 32.1 Å². The number of nitrogen functional groups attached to an aromatic ring is 1. The van der Waals surface area contributed by atoms with E-state index in [0.29, 0.717) is 11.9 Å². The highest BCUT2D eigenvalue weighted by Gasteiger charge is 2.45. The molecule has 184 valence electrons. The van der Waals surface area contributed by atoms with Crippen molar-refractivity contribution in [3.63, 3.8) is 0 Å². The highest BCUT2D eigenvalue weighted by molar-refractivity contribution is 7.48. The summed E-state index contributed by atoms with van der Waals surface area (Å²) in [5.74, 6) is -0.708. The number of nitrogens with zero attached hydrogens (tertiary/aromatic N) is 4. The molecule has 5 atom stereocenters. The number of ether oxygens (including phenoxy) is 1. The summed E-state index contributed by atoms with van der Waals surface area (Å²) in [6.45, 7) is 1.51. The number of rotatable bonds is 12. The molecule has 0 aliphatic carbocycles. The molecule has 3 rings (SSSR count). The lowest BCUT2D eigenvalue weighted by Crippen LogP contribution is -2.33. The Kier molecular flexibility index (Phi) is 8.74. The van der Waals surface area contributed by atoms with E-state index in [1.165, 1.54) is 17.2 Å². The van der Waals surface area contributed by atoms with Crippen LogP contribution in [0.5, 0.6) is 0 Å². The average Bonchev–Trinajstić information content (AvgIpc) is 3.31. The zero-order valence-corrected chi connectivity index (χ0v) is 19.2. The number of anilines is 1. The van der Waals surface area contributed by atoms with Crippen LogP contribution in [0, 0.1) is 0 Å². The van der Waals surface area contributed by atoms with E-state index in [2.05, 4.69) is 26.4 Å². The maximum Gasteiger partial charge on any atom is 0.529 e. The normalized spacial score (nSPS) is 24.7. The average molecular weight is 487 g/mol. The maximum atomic E-state index is 12.1. The summed E-state index contributed by atoms with van der Waals surface area (Å²) >= 11 is 0. The van der Waals surface area contributed by atoms with Crippen LogP contribution in [0.4, 0.5) is 5.82 Å². The molecule has 2 aromatic rings. The number of carbonyl (C=O) groups excluding carboxylic acids is 1. The van der Waals surface area contributed by atoms with Gasteiger partial charge < -0.3 is 25.2 Å². The first-order valence-electron chi connectivity index (χ1n) is 10.9. The lowest BCUT2D eigenvalue weighted by molar-refractivity contribution is -0.136. The van der Waals surface area contributed by atoms with E-state index >= 15 is 0 Å². The largest absolute Gasteiger partial charge is 0.529 e. The third kappa shape index (κ3) is 6.46. The third-order valence-electron chi connectivity index (χ3n) is 5.35. The number of phosphoric ester groups is 1. The predicted octanol–water partition coefficient (Wildman–Crippen LogP) is 1.44. The molecule has 0 amide bonds. The van der Waals surface area contributed by atoms with Gasteiger partial charge >= 0.3 is 13.8 Å². The van der Waals surface area contributed by atoms with Crippen LogP contribution in [0.3, 0.4) is 0 Å². The van der Waals surface area contributed by atoms with E-state index in [1.807, 2.05) is 0 Å². The Morgan fingerprint density at radius 3 is 2.67 bits per heavy atom. The summed E-state index contributed by atoms with van der Waals surface area (Å²) in [4.78, 5) is 33.6. The minimum Gasteiger partial charge on any atom is -0.387 e. The smallest absolute Gasteiger partial charge is 0.387 e. The fraction of sp³-hybridized carbons (Fsp3) is 0.684. The van der Waals surface area contributed by atoms with Gasteiger partial charge in [-0.15, -0.1) is 0 Å². The standard InChI is InChI=1S/C19H30N5O8P/c1-2-3-4-5-6-7-8-13(25)32-33(28,29)30-9-12-15(26)16(27)19(31-12)24-11-23-14-17(20)21-10-22-18(14)24/h10-12,15-16,19,26-27H,2-9H2,1H3,(H,28,29)(H2,20,21,22)/t12-,15-,16-,19-/m1/s1. The maximum absolute atomic E-state index is 12.1. The molecule has 13 nitrogen and oxygen atoms in total. The second-order valence-electron chi connectivity index (χ2n) is 7.87. The third-order valence-corrected chi connectivity index (χ3v) is 6.26. The zero-order chi connectivity index (χ0) is 24.0. The van der Waals surface area contributed by atoms with Crippen molar-refractivity contribution in [1.29, 1.82) is 0 Å². The van der Waals surface area contributed by atoms with Crippen molar-refractivity contribution in [2.24, 2.45) is 0 Å². The Hall–Kier alpha value is -2.15. The molecule has 1 aliphatic rings. The number of aromatic nitrogens is 4. The van der Waals surface area contributed by atoms with Gasteiger partial charge in [-0.1, -0.05) is 39.0 Å². The molecule has 3 heterocycles. The summed E-state index contributed by atoms with van der Waals surface area (Å²) in [5.41, 5.74) is 6.32. The fourth-order valence-corrected chi connectivity index (χ4v) is 4.31. The number of nitrogens with two attached hydrogens (primary N) is 1. The number of aliphatic hydroxyl groups excluding tert-OH is 2. The second kappa shape index (κ2) is 11.3. The second-order valence-corrected chi connectivity index (χ2v) is 9.25. The van der Waals surface area contributed by atoms with Crippen LogP contribution in [0.1, 0.15) is 58.1 Å². The summed E-state index contributed by atoms with van der Waals surface area (Å²) in [6.07, 6.45) is 3.07. The Balaban J connectivity index is 1.51. The predicted molar refractivity (Wildman–Crippen MR) is 116 cm³/mol. The molecule has 0 aromatic carbocycles. The molecule has 1 aliphatic heterocycles. The van der Waals surface area contributed by atoms with E-state index in [9.17, 15) is 24.5 Å². The number of phosphoric acid groups is 1. The monoisotopic (exact) mass is 487 g/mol. The van der Waals surface area contributed by atoms with Gasteiger partial charge in [0.15, 0.2) is 17.7 Å². The van der Waals surface area contributed by atoms with E-state index < -0.39 is 44.9 Å². The van der Waals surface area contributed by atoms with Gasteiger partial charge in [-0.2, -0.15) is 0 Å². The van der Waals surface area contributed by atoms with Gasteiger partial charge in [-0.25, -0.2) is 19.5 Å². The van der Waals surface area contributed by atoms with Crippen LogP contribution in [0.15, 0.2) is 12.7 Å². The minimum atomic E-state index is -4.72. The van der Waals surface area contributed by atoms with Crippen molar-refractivity contribution in [2.45, 2.75) is 76.4 Å². The summed E-state index contributed by atoms with van der Waals surface area (Å²) < 4.78 is 28.5. The summed E-state index contributed by atoms with van der Waals surface area (Å²) in [7, 11) is -4.72. The number of carbonyl (C=O) groups is 1. The SMILES string of the molecule is CCCCCCCCC(=O)OP(=O)(O)OC[C@H]1O[C@@H](n2cnc3c(N)ncnc32)[C@H](O)[C@@H]1O. The molecule has 0 bridgehead atoms. The molecule has 1 fully saturated rings. The molecule has 1 saturated heterocycles. The highest BCUT2D eigenvalue weighted by atomic mass is 31.2. The van der Waals surface area contributed by atoms with Gasteiger partial charge in [-0.3, -0.25) is 18.8 Å². The lowest BCUT2D eigenvalue weighted by Gasteiger charge is -2.17. The Labute approximate surface area is 190 Å². The molecule has 5 N–H and O–H groups in total. The van der Waals surface area contributed by atoms with Gasteiger partial charge in [0.1, 0.15) is 30.2 Å². The first-order chi connectivity index (χ1) is 15.7. The first-order valence-corrected chi connectivity index (χ1v) is 12.4. The van der Waals surface area contributed by atoms with Gasteiger partial charge in [0.25, 0.3) is 0 Å². The molecular formula is C19H30N5O8P. The first kappa shape index (κ1) is 25.5. The molecule has 2 aromatic heterocycles. The van der Waals surface area contributed by atoms with Crippen LogP contribution in [-0.2, 0) is 23.1 Å². The van der Waals surface area contributed by atoms with E-state index in [4.69, 9.17) is 15.0 Å². The lowest BCUT2D eigenvalue weighted by atomic mass is 10.1. The Bertz CT molecular complexity index is 988. The topological polar surface area (TPSA) is 192 Å². The number of unbranched alkanes of at least 4 members (excludes halogenated alkanes) is 5. The molecule has 0 radical (unpaired) electrons. The van der Waals surface area contributed by atoms with Gasteiger partial charge in [0.05, 0.1) is 12.9 Å². The Morgan fingerprint density at radius 1 is 1.18 bits per heavy atom. The van der Waals surface area contributed by atoms with Crippen molar-refractivity contribution in [3.05, 3.63) is 12.7 Å². The van der Waals surface area contributed by atoms with Crippen molar-refractivity contribution in [3.8, 4) is 0 Å². The van der Waals surface area contributed by atoms with Crippen molar-refractivity contribution in [1.82, 2.24) is 19.5 Å². The molecule has 0 saturated carbocycles. The van der Waals surface area contributed by atoms with E-state index in [-0.39, 0.29) is 17.9 Å². The quantitative estimate of drug-likeness (QED) is 0.249. The molecule has 1 unspecified atom stereocenters.